The third kappa shape index (κ3) is 7.39. The van der Waals surface area contributed by atoms with Crippen molar-refractivity contribution in [1.82, 2.24) is 0 Å². The van der Waals surface area contributed by atoms with Crippen molar-refractivity contribution in [2.24, 2.45) is 0 Å². The highest BCUT2D eigenvalue weighted by molar-refractivity contribution is 7.32. The van der Waals surface area contributed by atoms with Gasteiger partial charge >= 0.3 is 0 Å². The number of nitrogens with zero attached hydrogens (tertiary/aromatic N) is 4. The Balaban J connectivity index is 0.996. The number of allylic oxidation sites excluding steroid dienone is 6. The molecule has 12 aromatic rings. The quantitative estimate of drug-likeness (QED) is 0.120. The van der Waals surface area contributed by atoms with E-state index in [0.29, 0.717) is 63.3 Å². The summed E-state index contributed by atoms with van der Waals surface area (Å²) in [5, 5.41) is 41.9. The third-order valence-electron chi connectivity index (χ3n) is 18.4. The maximum absolute atomic E-state index is 19.0. The van der Waals surface area contributed by atoms with Gasteiger partial charge in [-0.25, -0.2) is 8.78 Å². The molecule has 8 aromatic carbocycles. The predicted molar refractivity (Wildman–Crippen MR) is 358 cm³/mol. The molecule has 0 aliphatic heterocycles. The number of ketones is 2. The van der Waals surface area contributed by atoms with Crippen molar-refractivity contribution in [2.75, 3.05) is 0 Å². The van der Waals surface area contributed by atoms with Gasteiger partial charge < -0.3 is 0 Å². The molecule has 0 bridgehead atoms. The minimum Gasteiger partial charge on any atom is -0.289 e. The average molecular weight is 1230 g/mol. The molecule has 0 fully saturated rings. The molecule has 424 valence electrons. The molecule has 4 aliphatic carbocycles. The second kappa shape index (κ2) is 20.0. The lowest BCUT2D eigenvalue weighted by atomic mass is 9.66. The van der Waals surface area contributed by atoms with Gasteiger partial charge in [-0.05, 0) is 119 Å². The normalized spacial score (nSPS) is 15.4. The maximum atomic E-state index is 19.0. The van der Waals surface area contributed by atoms with E-state index in [1.54, 1.807) is 60.7 Å². The largest absolute Gasteiger partial charge is 0.289 e. The molecule has 0 atom stereocenters. The molecule has 4 heterocycles. The van der Waals surface area contributed by atoms with Gasteiger partial charge in [0.2, 0.25) is 0 Å². The van der Waals surface area contributed by atoms with Crippen LogP contribution in [-0.2, 0) is 10.8 Å². The fourth-order valence-electron chi connectivity index (χ4n) is 14.5. The Morgan fingerprint density at radius 2 is 0.722 bits per heavy atom. The number of rotatable bonds is 6. The van der Waals surface area contributed by atoms with Crippen LogP contribution in [0.3, 0.4) is 0 Å². The first-order valence-corrected chi connectivity index (χ1v) is 32.2. The Morgan fingerprint density at radius 3 is 1.03 bits per heavy atom. The molecule has 6 nitrogen and oxygen atoms in total. The van der Waals surface area contributed by atoms with Crippen LogP contribution in [-0.4, -0.2) is 11.6 Å². The van der Waals surface area contributed by atoms with Crippen molar-refractivity contribution < 1.29 is 18.4 Å². The van der Waals surface area contributed by atoms with E-state index in [2.05, 4.69) is 109 Å². The second-order valence-electron chi connectivity index (χ2n) is 23.4. The molecule has 16 rings (SSSR count). The van der Waals surface area contributed by atoms with Crippen molar-refractivity contribution in [1.29, 1.82) is 21.0 Å². The van der Waals surface area contributed by atoms with Gasteiger partial charge in [0.05, 0.1) is 29.6 Å². The number of thiophene rings is 4. The summed E-state index contributed by atoms with van der Waals surface area (Å²) in [6.45, 7) is 8.19. The first-order chi connectivity index (χ1) is 43.7. The molecular formula is C78H42F2N4O2S4. The molecule has 4 aromatic heterocycles. The lowest BCUT2D eigenvalue weighted by molar-refractivity contribution is 0.103. The number of carbonyl (C=O) groups excluding carboxylic acids is 2. The summed E-state index contributed by atoms with van der Waals surface area (Å²) in [6, 6.07) is 63.7. The van der Waals surface area contributed by atoms with Crippen molar-refractivity contribution in [3.8, 4) is 45.2 Å². The Kier molecular flexibility index (Phi) is 12.2. The van der Waals surface area contributed by atoms with E-state index < -0.39 is 22.5 Å². The average Bonchev–Trinajstić information content (AvgIpc) is 1.49. The fourth-order valence-corrected chi connectivity index (χ4v) is 19.7. The summed E-state index contributed by atoms with van der Waals surface area (Å²) in [4.78, 5) is 31.1. The van der Waals surface area contributed by atoms with Gasteiger partial charge in [0.1, 0.15) is 47.1 Å². The molecule has 4 aliphatic rings. The van der Waals surface area contributed by atoms with Gasteiger partial charge in [0.15, 0.2) is 11.6 Å². The van der Waals surface area contributed by atoms with Crippen molar-refractivity contribution in [3.63, 3.8) is 0 Å². The van der Waals surface area contributed by atoms with Gasteiger partial charge in [-0.15, -0.1) is 45.3 Å². The van der Waals surface area contributed by atoms with E-state index in [9.17, 15) is 30.6 Å². The second-order valence-corrected chi connectivity index (χ2v) is 27.6. The number of benzene rings is 8. The predicted octanol–water partition coefficient (Wildman–Crippen LogP) is 19.8. The number of aryl methyl sites for hydroxylation is 4. The van der Waals surface area contributed by atoms with Crippen LogP contribution in [0.5, 0.6) is 0 Å². The summed E-state index contributed by atoms with van der Waals surface area (Å²) in [5.74, 6) is -1.47. The lowest BCUT2D eigenvalue weighted by Gasteiger charge is -2.34. The van der Waals surface area contributed by atoms with E-state index in [-0.39, 0.29) is 45.0 Å². The van der Waals surface area contributed by atoms with Crippen LogP contribution < -0.4 is 0 Å². The number of Topliss-reactive ketones (excluding diaryl/α,β-unsaturated/α-hetero) is 2. The van der Waals surface area contributed by atoms with Gasteiger partial charge in [-0.3, -0.25) is 9.59 Å². The molecule has 0 radical (unpaired) electrons. The Labute approximate surface area is 531 Å². The van der Waals surface area contributed by atoms with Gasteiger partial charge in [-0.2, -0.15) is 21.0 Å². The highest BCUT2D eigenvalue weighted by Crippen LogP contribution is 2.70. The summed E-state index contributed by atoms with van der Waals surface area (Å²) in [6.07, 6.45) is 3.37. The number of hydrogen-bond acceptors (Lipinski definition) is 10. The molecule has 12 heteroatoms. The van der Waals surface area contributed by atoms with Crippen molar-refractivity contribution in [3.05, 3.63) is 303 Å². The van der Waals surface area contributed by atoms with Crippen molar-refractivity contribution in [2.45, 2.75) is 38.5 Å². The van der Waals surface area contributed by atoms with Crippen LogP contribution in [0.2, 0.25) is 0 Å². The van der Waals surface area contributed by atoms with Crippen LogP contribution in [0.25, 0.3) is 73.8 Å². The van der Waals surface area contributed by atoms with Gasteiger partial charge in [0.25, 0.3) is 0 Å². The van der Waals surface area contributed by atoms with Crippen LogP contribution in [0.4, 0.5) is 8.78 Å². The summed E-state index contributed by atoms with van der Waals surface area (Å²) < 4.78 is 40.6. The minimum atomic E-state index is -1.13. The number of hydrogen-bond donors (Lipinski definition) is 0. The first kappa shape index (κ1) is 54.8. The lowest BCUT2D eigenvalue weighted by Crippen LogP contribution is -2.29. The SMILES string of the molecule is Cc1ccc(C2(c3ccc(C)cc3)c3cc4cc(/C=C5\C(=O)c6ccccc6C5=C(C#N)C#N)sc4c(F)c3-c3sc4c5c(sc4c32)-c2c(cc3cc(/C=C4\C(=O)c6ccccc6C4=C(C#N)C#N)sc3c2F)C5(c2ccc(C)cc2)c2ccc(C)cc2)cc1. The van der Waals surface area contributed by atoms with Gasteiger partial charge in [-0.1, -0.05) is 168 Å². The van der Waals surface area contributed by atoms with E-state index >= 15 is 8.78 Å². The number of nitriles is 4. The van der Waals surface area contributed by atoms with Crippen LogP contribution in [0.1, 0.15) is 108 Å². The number of halogens is 2. The molecule has 0 saturated carbocycles. The van der Waals surface area contributed by atoms with E-state index in [1.165, 1.54) is 45.3 Å². The summed E-state index contributed by atoms with van der Waals surface area (Å²) >= 11 is 5.51. The van der Waals surface area contributed by atoms with E-state index in [4.69, 9.17) is 0 Å². The third-order valence-corrected chi connectivity index (χ3v) is 23.2. The number of carbonyl (C=O) groups is 2. The molecule has 0 N–H and O–H groups in total. The Bertz CT molecular complexity index is 5150. The maximum Gasteiger partial charge on any atom is 0.194 e. The van der Waals surface area contributed by atoms with E-state index in [0.717, 1.165) is 85.9 Å². The smallest absolute Gasteiger partial charge is 0.194 e. The highest BCUT2D eigenvalue weighted by atomic mass is 32.1. The zero-order valence-corrected chi connectivity index (χ0v) is 51.6. The minimum absolute atomic E-state index is 0.184. The fraction of sp³-hybridized carbons (Fsp3) is 0.0769. The topological polar surface area (TPSA) is 129 Å². The molecule has 90 heavy (non-hydrogen) atoms. The van der Waals surface area contributed by atoms with Crippen LogP contribution >= 0.6 is 45.3 Å². The van der Waals surface area contributed by atoms with Crippen molar-refractivity contribution >= 4 is 110 Å². The van der Waals surface area contributed by atoms with Crippen LogP contribution in [0.15, 0.2) is 192 Å². The molecule has 0 amide bonds. The first-order valence-electron chi connectivity index (χ1n) is 29.0. The summed E-state index contributed by atoms with van der Waals surface area (Å²) in [7, 11) is 0. The Hall–Kier alpha value is -10.5. The zero-order valence-electron chi connectivity index (χ0n) is 48.3. The monoisotopic (exact) mass is 1230 g/mol. The summed E-state index contributed by atoms with van der Waals surface area (Å²) in [5.41, 5.74) is 12.1. The molecular weight excluding hydrogens is 1190 g/mol. The van der Waals surface area contributed by atoms with E-state index in [1.807, 2.05) is 64.1 Å². The molecule has 0 saturated heterocycles. The highest BCUT2D eigenvalue weighted by Gasteiger charge is 2.55. The molecule has 0 unspecified atom stereocenters. The Morgan fingerprint density at radius 1 is 0.411 bits per heavy atom. The number of fused-ring (bicyclic) bond motifs is 13. The van der Waals surface area contributed by atoms with Gasteiger partial charge in [0, 0.05) is 75.2 Å². The standard InChI is InChI=1S/C78H42F2N4O2S4/c1-39-13-21-47(22-14-39)77(48-23-15-40(2)16-24-48)59-31-43-29-51(33-57-61(45(35-81)36-82)53-9-5-7-11-55(53)69(57)85)87-71(43)67(79)63(59)73-65(77)75-76(89-73)66-74(90-75)64-60(78(66,49-25-17-41(3)18-26-49)50-27-19-42(4)20-28-50)32-44-30-52(88-72(44)68(64)80)34-58-62(46(37-83)38-84)54-10-6-8-12-56(54)70(58)86/h5-34H,1-4H3/b57-33-,58-34-. The molecule has 0 spiro atoms. The zero-order chi connectivity index (χ0) is 61.8. The van der Waals surface area contributed by atoms with Crippen LogP contribution in [0, 0.1) is 84.7 Å².